The predicted octanol–water partition coefficient (Wildman–Crippen LogP) is 4.14. The summed E-state index contributed by atoms with van der Waals surface area (Å²) in [6.45, 7) is 9.64. The minimum Gasteiger partial charge on any atom is -0.482 e. The third kappa shape index (κ3) is 7.57. The second-order valence-corrected chi connectivity index (χ2v) is 11.7. The molecule has 2 atom stereocenters. The van der Waals surface area contributed by atoms with E-state index in [2.05, 4.69) is 38.8 Å². The van der Waals surface area contributed by atoms with Gasteiger partial charge in [-0.05, 0) is 86.1 Å². The Hall–Kier alpha value is -3.86. The number of anilines is 1. The third-order valence-corrected chi connectivity index (χ3v) is 8.05. The van der Waals surface area contributed by atoms with Gasteiger partial charge in [-0.3, -0.25) is 19.5 Å². The first-order chi connectivity index (χ1) is 20.7. The molecule has 1 aliphatic carbocycles. The van der Waals surface area contributed by atoms with Crippen molar-refractivity contribution in [3.63, 3.8) is 0 Å². The maximum atomic E-state index is 13.4. The number of amides is 2. The van der Waals surface area contributed by atoms with E-state index in [1.807, 2.05) is 32.2 Å². The molecule has 0 spiro atoms. The van der Waals surface area contributed by atoms with E-state index < -0.39 is 6.10 Å². The lowest BCUT2D eigenvalue weighted by molar-refractivity contribution is 0.0935. The number of benzene rings is 1. The first-order valence-electron chi connectivity index (χ1n) is 15.0. The van der Waals surface area contributed by atoms with Gasteiger partial charge in [-0.15, -0.1) is 0 Å². The van der Waals surface area contributed by atoms with E-state index >= 15 is 0 Å². The Morgan fingerprint density at radius 1 is 1.07 bits per heavy atom. The summed E-state index contributed by atoms with van der Waals surface area (Å²) >= 11 is 0. The number of nitrogens with zero attached hydrogens (tertiary/aromatic N) is 3. The molecule has 2 aromatic heterocycles. The molecular weight excluding hydrogens is 544 g/mol. The lowest BCUT2D eigenvalue weighted by Crippen LogP contribution is -2.50. The highest BCUT2D eigenvalue weighted by molar-refractivity contribution is 6.07. The number of ether oxygens (including phenoxy) is 2. The molecule has 10 heteroatoms. The maximum Gasteiger partial charge on any atom is 0.257 e. The zero-order valence-electron chi connectivity index (χ0n) is 25.7. The van der Waals surface area contributed by atoms with E-state index in [1.165, 1.54) is 18.4 Å². The standard InChI is InChI=1S/C33H42N6O4/c1-20-13-29(27(32(40)34-4)14-26(20)33(41)38-31-21(2)12-23(15-37-31)19-42-5)43-30(18-39-11-10-35-22(3)17-39)28-9-8-25(16-36-28)24-6-7-24/h8-9,12-16,22,24,30,35H,6-7,10-11,17-19H2,1-5H3,(H,34,40)(H,37,38,41)/t22-,30-/m1/s1. The van der Waals surface area contributed by atoms with E-state index in [-0.39, 0.29) is 17.4 Å². The van der Waals surface area contributed by atoms with Crippen LogP contribution in [-0.2, 0) is 11.3 Å². The quantitative estimate of drug-likeness (QED) is 0.307. The van der Waals surface area contributed by atoms with Crippen LogP contribution in [0.3, 0.4) is 0 Å². The van der Waals surface area contributed by atoms with Crippen molar-refractivity contribution in [3.05, 3.63) is 81.8 Å². The van der Waals surface area contributed by atoms with Crippen LogP contribution >= 0.6 is 0 Å². The molecule has 228 valence electrons. The molecule has 5 rings (SSSR count). The molecule has 3 N–H and O–H groups in total. The molecule has 10 nitrogen and oxygen atoms in total. The van der Waals surface area contributed by atoms with Crippen molar-refractivity contribution >= 4 is 17.6 Å². The molecule has 3 heterocycles. The summed E-state index contributed by atoms with van der Waals surface area (Å²) in [6.07, 6.45) is 5.65. The van der Waals surface area contributed by atoms with Crippen LogP contribution < -0.4 is 20.7 Å². The van der Waals surface area contributed by atoms with E-state index in [0.29, 0.717) is 47.8 Å². The van der Waals surface area contributed by atoms with Gasteiger partial charge in [-0.1, -0.05) is 6.07 Å². The Kier molecular flexibility index (Phi) is 9.69. The summed E-state index contributed by atoms with van der Waals surface area (Å²) in [5.74, 6) is 0.783. The molecule has 2 aliphatic rings. The SMILES string of the molecule is CNC(=O)c1cc(C(=O)Nc2ncc(COC)cc2C)c(C)cc1O[C@H](CN1CCN[C@H](C)C1)c1ccc(C2CC2)cn1. The summed E-state index contributed by atoms with van der Waals surface area (Å²) in [6, 6.07) is 9.86. The summed E-state index contributed by atoms with van der Waals surface area (Å²) in [7, 11) is 3.19. The predicted molar refractivity (Wildman–Crippen MR) is 166 cm³/mol. The number of methoxy groups -OCH3 is 1. The lowest BCUT2D eigenvalue weighted by Gasteiger charge is -2.34. The monoisotopic (exact) mass is 586 g/mol. The number of aryl methyl sites for hydroxylation is 2. The number of hydrogen-bond acceptors (Lipinski definition) is 8. The Bertz CT molecular complexity index is 1460. The van der Waals surface area contributed by atoms with Crippen molar-refractivity contribution in [3.8, 4) is 5.75 Å². The van der Waals surface area contributed by atoms with Crippen molar-refractivity contribution in [2.24, 2.45) is 0 Å². The molecular formula is C33H42N6O4. The molecule has 1 saturated carbocycles. The van der Waals surface area contributed by atoms with Gasteiger partial charge in [-0.2, -0.15) is 0 Å². The number of pyridine rings is 2. The molecule has 1 aromatic carbocycles. The maximum absolute atomic E-state index is 13.4. The van der Waals surface area contributed by atoms with Gasteiger partial charge in [0.2, 0.25) is 0 Å². The number of nitrogens with one attached hydrogen (secondary N) is 3. The number of piperazine rings is 1. The van der Waals surface area contributed by atoms with E-state index in [0.717, 1.165) is 36.5 Å². The summed E-state index contributed by atoms with van der Waals surface area (Å²) in [4.78, 5) is 38.1. The van der Waals surface area contributed by atoms with Gasteiger partial charge in [0.25, 0.3) is 11.8 Å². The van der Waals surface area contributed by atoms with Gasteiger partial charge in [0, 0.05) is 64.3 Å². The van der Waals surface area contributed by atoms with Crippen molar-refractivity contribution < 1.29 is 19.1 Å². The van der Waals surface area contributed by atoms with Gasteiger partial charge < -0.3 is 25.4 Å². The average molecular weight is 587 g/mol. The topological polar surface area (TPSA) is 118 Å². The Morgan fingerprint density at radius 2 is 1.88 bits per heavy atom. The molecule has 0 bridgehead atoms. The van der Waals surface area contributed by atoms with Crippen LogP contribution in [0.4, 0.5) is 5.82 Å². The molecule has 3 aromatic rings. The smallest absolute Gasteiger partial charge is 0.257 e. The van der Waals surface area contributed by atoms with Gasteiger partial charge in [0.1, 0.15) is 11.6 Å². The van der Waals surface area contributed by atoms with E-state index in [9.17, 15) is 9.59 Å². The number of rotatable bonds is 11. The fourth-order valence-corrected chi connectivity index (χ4v) is 5.54. The van der Waals surface area contributed by atoms with E-state index in [4.69, 9.17) is 14.5 Å². The molecule has 1 saturated heterocycles. The molecule has 2 fully saturated rings. The van der Waals surface area contributed by atoms with Crippen molar-refractivity contribution in [1.29, 1.82) is 0 Å². The highest BCUT2D eigenvalue weighted by atomic mass is 16.5. The van der Waals surface area contributed by atoms with Crippen molar-refractivity contribution in [1.82, 2.24) is 25.5 Å². The largest absolute Gasteiger partial charge is 0.482 e. The molecule has 1 aliphatic heterocycles. The number of carbonyl (C=O) groups is 2. The highest BCUT2D eigenvalue weighted by Gasteiger charge is 2.28. The summed E-state index contributed by atoms with van der Waals surface area (Å²) in [5.41, 5.74) is 5.14. The van der Waals surface area contributed by atoms with Crippen molar-refractivity contribution in [2.45, 2.75) is 58.3 Å². The minimum absolute atomic E-state index is 0.284. The Labute approximate surface area is 253 Å². The van der Waals surface area contributed by atoms with Gasteiger partial charge >= 0.3 is 0 Å². The van der Waals surface area contributed by atoms with Crippen LogP contribution in [-0.4, -0.2) is 73.1 Å². The second kappa shape index (κ2) is 13.6. The number of carbonyl (C=O) groups excluding carboxylic acids is 2. The highest BCUT2D eigenvalue weighted by Crippen LogP contribution is 2.40. The van der Waals surface area contributed by atoms with E-state index in [1.54, 1.807) is 32.5 Å². The molecule has 2 amide bonds. The Morgan fingerprint density at radius 3 is 2.53 bits per heavy atom. The van der Waals surface area contributed by atoms with Gasteiger partial charge in [0.15, 0.2) is 6.10 Å². The van der Waals surface area contributed by atoms with Crippen LogP contribution in [0.2, 0.25) is 0 Å². The van der Waals surface area contributed by atoms with Crippen LogP contribution in [0.25, 0.3) is 0 Å². The van der Waals surface area contributed by atoms with Crippen LogP contribution in [0.1, 0.15) is 80.5 Å². The number of hydrogen-bond donors (Lipinski definition) is 3. The van der Waals surface area contributed by atoms with Crippen LogP contribution in [0, 0.1) is 13.8 Å². The molecule has 0 unspecified atom stereocenters. The van der Waals surface area contributed by atoms with Crippen LogP contribution in [0.5, 0.6) is 5.75 Å². The van der Waals surface area contributed by atoms with Gasteiger partial charge in [0.05, 0.1) is 17.9 Å². The fourth-order valence-electron chi connectivity index (χ4n) is 5.54. The minimum atomic E-state index is -0.404. The zero-order chi connectivity index (χ0) is 30.5. The molecule has 0 radical (unpaired) electrons. The third-order valence-electron chi connectivity index (χ3n) is 8.05. The Balaban J connectivity index is 1.43. The second-order valence-electron chi connectivity index (χ2n) is 11.7. The van der Waals surface area contributed by atoms with Crippen LogP contribution in [0.15, 0.2) is 42.7 Å². The lowest BCUT2D eigenvalue weighted by atomic mass is 10.0. The number of aromatic nitrogens is 2. The fraction of sp³-hybridized carbons (Fsp3) is 0.455. The summed E-state index contributed by atoms with van der Waals surface area (Å²) < 4.78 is 11.8. The molecule has 43 heavy (non-hydrogen) atoms. The summed E-state index contributed by atoms with van der Waals surface area (Å²) in [5, 5.41) is 9.09. The van der Waals surface area contributed by atoms with Crippen molar-refractivity contribution in [2.75, 3.05) is 45.7 Å². The first kappa shape index (κ1) is 30.6. The first-order valence-corrected chi connectivity index (χ1v) is 15.0. The van der Waals surface area contributed by atoms with Gasteiger partial charge in [-0.25, -0.2) is 4.98 Å². The average Bonchev–Trinajstić information content (AvgIpc) is 3.84. The zero-order valence-corrected chi connectivity index (χ0v) is 25.7. The normalized spacial score (nSPS) is 17.7.